The van der Waals surface area contributed by atoms with Crippen LogP contribution in [0.25, 0.3) is 11.0 Å². The zero-order valence-corrected chi connectivity index (χ0v) is 16.9. The molecule has 0 aliphatic carbocycles. The van der Waals surface area contributed by atoms with Gasteiger partial charge >= 0.3 is 0 Å². The molecule has 152 valence electrons. The topological polar surface area (TPSA) is 64.8 Å². The molecule has 0 aliphatic heterocycles. The van der Waals surface area contributed by atoms with Crippen LogP contribution in [-0.4, -0.2) is 30.0 Å². The number of aromatic nitrogens is 1. The summed E-state index contributed by atoms with van der Waals surface area (Å²) in [5.74, 6) is 1.51. The Kier molecular flexibility index (Phi) is 5.66. The number of benzene rings is 2. The Morgan fingerprint density at radius 3 is 2.63 bits per heavy atom. The maximum Gasteiger partial charge on any atom is 0.290 e. The smallest absolute Gasteiger partial charge is 0.290 e. The molecule has 1 amide bonds. The number of fused-ring (bicyclic) bond motifs is 1. The van der Waals surface area contributed by atoms with Crippen molar-refractivity contribution in [2.24, 2.45) is 0 Å². The number of furan rings is 1. The molecule has 0 radical (unpaired) electrons. The number of carbonyl (C=O) groups is 1. The van der Waals surface area contributed by atoms with E-state index in [1.54, 1.807) is 43.6 Å². The van der Waals surface area contributed by atoms with Crippen LogP contribution in [0, 0.1) is 0 Å². The van der Waals surface area contributed by atoms with Crippen molar-refractivity contribution in [1.82, 2.24) is 9.88 Å². The number of amides is 1. The van der Waals surface area contributed by atoms with Gasteiger partial charge in [-0.05, 0) is 42.0 Å². The molecule has 0 bridgehead atoms. The van der Waals surface area contributed by atoms with Crippen LogP contribution in [0.3, 0.4) is 0 Å². The quantitative estimate of drug-likeness (QED) is 0.449. The lowest BCUT2D eigenvalue weighted by Crippen LogP contribution is -2.30. The first-order valence-corrected chi connectivity index (χ1v) is 9.55. The first-order chi connectivity index (χ1) is 14.7. The predicted molar refractivity (Wildman–Crippen MR) is 114 cm³/mol. The molecular weight excluding hydrogens is 380 g/mol. The lowest BCUT2D eigenvalue weighted by atomic mass is 10.1. The Balaban J connectivity index is 1.68. The van der Waals surface area contributed by atoms with Crippen LogP contribution >= 0.6 is 0 Å². The summed E-state index contributed by atoms with van der Waals surface area (Å²) in [6.07, 6.45) is 3.47. The van der Waals surface area contributed by atoms with Gasteiger partial charge in [0.25, 0.3) is 5.91 Å². The van der Waals surface area contributed by atoms with Crippen molar-refractivity contribution in [3.8, 4) is 11.5 Å². The molecule has 2 aromatic carbocycles. The number of ether oxygens (including phenoxy) is 2. The molecule has 2 heterocycles. The summed E-state index contributed by atoms with van der Waals surface area (Å²) in [6, 6.07) is 18.7. The summed E-state index contributed by atoms with van der Waals surface area (Å²) in [5, 5.41) is 0.816. The van der Waals surface area contributed by atoms with Gasteiger partial charge < -0.3 is 18.8 Å². The zero-order valence-electron chi connectivity index (χ0n) is 16.9. The van der Waals surface area contributed by atoms with Crippen LogP contribution in [0.5, 0.6) is 11.5 Å². The second-order valence-electron chi connectivity index (χ2n) is 6.85. The average molecular weight is 402 g/mol. The SMILES string of the molecule is COc1ccc2oc(C(=O)N(Cc3cccnc3)Cc3ccccc3OC)cc2c1. The molecule has 0 fully saturated rings. The highest BCUT2D eigenvalue weighted by Gasteiger charge is 2.22. The van der Waals surface area contributed by atoms with E-state index in [9.17, 15) is 4.79 Å². The normalized spacial score (nSPS) is 10.7. The second-order valence-corrected chi connectivity index (χ2v) is 6.85. The molecule has 0 aliphatic rings. The number of methoxy groups -OCH3 is 2. The highest BCUT2D eigenvalue weighted by atomic mass is 16.5. The molecule has 0 atom stereocenters. The fraction of sp³-hybridized carbons (Fsp3) is 0.167. The van der Waals surface area contributed by atoms with E-state index in [1.807, 2.05) is 48.5 Å². The number of pyridine rings is 1. The lowest BCUT2D eigenvalue weighted by molar-refractivity contribution is 0.0698. The minimum Gasteiger partial charge on any atom is -0.497 e. The van der Waals surface area contributed by atoms with Gasteiger partial charge in [0.1, 0.15) is 17.1 Å². The second kappa shape index (κ2) is 8.69. The van der Waals surface area contributed by atoms with E-state index in [0.717, 1.165) is 22.3 Å². The third kappa shape index (κ3) is 4.12. The van der Waals surface area contributed by atoms with Crippen molar-refractivity contribution >= 4 is 16.9 Å². The first-order valence-electron chi connectivity index (χ1n) is 9.55. The summed E-state index contributed by atoms with van der Waals surface area (Å²) in [5.41, 5.74) is 2.48. The fourth-order valence-corrected chi connectivity index (χ4v) is 3.36. The highest BCUT2D eigenvalue weighted by molar-refractivity contribution is 5.96. The molecule has 0 saturated carbocycles. The molecular formula is C24H22N2O4. The number of hydrogen-bond acceptors (Lipinski definition) is 5. The molecule has 0 N–H and O–H groups in total. The van der Waals surface area contributed by atoms with Gasteiger partial charge in [0.15, 0.2) is 5.76 Å². The predicted octanol–water partition coefficient (Wildman–Crippen LogP) is 4.69. The monoisotopic (exact) mass is 402 g/mol. The maximum absolute atomic E-state index is 13.4. The van der Waals surface area contributed by atoms with Gasteiger partial charge in [-0.2, -0.15) is 0 Å². The minimum atomic E-state index is -0.208. The van der Waals surface area contributed by atoms with Crippen LogP contribution in [0.2, 0.25) is 0 Å². The van der Waals surface area contributed by atoms with Gasteiger partial charge in [0.05, 0.1) is 20.8 Å². The Bertz CT molecular complexity index is 1150. The van der Waals surface area contributed by atoms with Crippen LogP contribution in [0.1, 0.15) is 21.7 Å². The number of hydrogen-bond donors (Lipinski definition) is 0. The summed E-state index contributed by atoms with van der Waals surface area (Å²) in [6.45, 7) is 0.767. The molecule has 6 nitrogen and oxygen atoms in total. The lowest BCUT2D eigenvalue weighted by Gasteiger charge is -2.23. The molecule has 0 unspecified atom stereocenters. The van der Waals surface area contributed by atoms with Crippen molar-refractivity contribution < 1.29 is 18.7 Å². The van der Waals surface area contributed by atoms with Crippen LogP contribution in [-0.2, 0) is 13.1 Å². The summed E-state index contributed by atoms with van der Waals surface area (Å²) in [7, 11) is 3.23. The van der Waals surface area contributed by atoms with Crippen LogP contribution in [0.15, 0.2) is 77.5 Å². The van der Waals surface area contributed by atoms with E-state index in [4.69, 9.17) is 13.9 Å². The van der Waals surface area contributed by atoms with Crippen molar-refractivity contribution in [2.45, 2.75) is 13.1 Å². The van der Waals surface area contributed by atoms with Gasteiger partial charge in [-0.25, -0.2) is 0 Å². The van der Waals surface area contributed by atoms with E-state index in [2.05, 4.69) is 4.98 Å². The minimum absolute atomic E-state index is 0.208. The average Bonchev–Trinajstić information content (AvgIpc) is 3.22. The molecule has 4 rings (SSSR count). The zero-order chi connectivity index (χ0) is 20.9. The maximum atomic E-state index is 13.4. The highest BCUT2D eigenvalue weighted by Crippen LogP contribution is 2.27. The van der Waals surface area contributed by atoms with Crippen LogP contribution < -0.4 is 9.47 Å². The number of rotatable bonds is 7. The largest absolute Gasteiger partial charge is 0.497 e. The fourth-order valence-electron chi connectivity index (χ4n) is 3.36. The number of nitrogens with zero attached hydrogens (tertiary/aromatic N) is 2. The third-order valence-corrected chi connectivity index (χ3v) is 4.87. The van der Waals surface area contributed by atoms with Gasteiger partial charge in [-0.1, -0.05) is 24.3 Å². The van der Waals surface area contributed by atoms with E-state index < -0.39 is 0 Å². The number of para-hydroxylation sites is 1. The van der Waals surface area contributed by atoms with Crippen molar-refractivity contribution in [2.75, 3.05) is 14.2 Å². The molecule has 0 spiro atoms. The van der Waals surface area contributed by atoms with E-state index >= 15 is 0 Å². The Morgan fingerprint density at radius 2 is 1.87 bits per heavy atom. The summed E-state index contributed by atoms with van der Waals surface area (Å²) in [4.78, 5) is 19.3. The van der Waals surface area contributed by atoms with Crippen molar-refractivity contribution in [1.29, 1.82) is 0 Å². The molecule has 6 heteroatoms. The molecule has 2 aromatic heterocycles. The van der Waals surface area contributed by atoms with Crippen molar-refractivity contribution in [3.05, 3.63) is 89.9 Å². The Hall–Kier alpha value is -3.80. The standard InChI is InChI=1S/C24H22N2O4/c1-28-20-9-10-22-19(12-20)13-23(30-22)24(27)26(15-17-6-5-11-25-14-17)16-18-7-3-4-8-21(18)29-2/h3-14H,15-16H2,1-2H3. The van der Waals surface area contributed by atoms with Crippen LogP contribution in [0.4, 0.5) is 0 Å². The van der Waals surface area contributed by atoms with E-state index in [0.29, 0.717) is 24.4 Å². The molecule has 0 saturated heterocycles. The summed E-state index contributed by atoms with van der Waals surface area (Å²) < 4.78 is 16.6. The van der Waals surface area contributed by atoms with Gasteiger partial charge in [0, 0.05) is 29.9 Å². The van der Waals surface area contributed by atoms with Crippen molar-refractivity contribution in [3.63, 3.8) is 0 Å². The third-order valence-electron chi connectivity index (χ3n) is 4.87. The number of carbonyl (C=O) groups excluding carboxylic acids is 1. The summed E-state index contributed by atoms with van der Waals surface area (Å²) >= 11 is 0. The molecule has 30 heavy (non-hydrogen) atoms. The molecule has 4 aromatic rings. The Labute approximate surface area is 174 Å². The van der Waals surface area contributed by atoms with Gasteiger partial charge in [-0.15, -0.1) is 0 Å². The first kappa shape index (κ1) is 19.5. The Morgan fingerprint density at radius 1 is 1.00 bits per heavy atom. The van der Waals surface area contributed by atoms with Gasteiger partial charge in [0.2, 0.25) is 0 Å². The van der Waals surface area contributed by atoms with Gasteiger partial charge in [-0.3, -0.25) is 9.78 Å². The van der Waals surface area contributed by atoms with E-state index in [-0.39, 0.29) is 11.7 Å². The van der Waals surface area contributed by atoms with E-state index in [1.165, 1.54) is 0 Å².